The molecule has 3 N–H and O–H groups in total. The second-order valence-electron chi connectivity index (χ2n) is 4.88. The highest BCUT2D eigenvalue weighted by atomic mass is 16.2. The number of hydrogen-bond acceptors (Lipinski definition) is 5. The summed E-state index contributed by atoms with van der Waals surface area (Å²) in [5, 5.41) is 8.78. The molecular formula is C14H19N5O3. The fourth-order valence-electron chi connectivity index (χ4n) is 1.44. The fraction of sp³-hybridized carbons (Fsp3) is 0.357. The van der Waals surface area contributed by atoms with Crippen LogP contribution in [0.3, 0.4) is 0 Å². The number of pyridine rings is 1. The predicted molar refractivity (Wildman–Crippen MR) is 82.0 cm³/mol. The monoisotopic (exact) mass is 305 g/mol. The first-order valence-corrected chi connectivity index (χ1v) is 6.72. The summed E-state index contributed by atoms with van der Waals surface area (Å²) in [6, 6.07) is 3.26. The Kier molecular flexibility index (Phi) is 6.68. The van der Waals surface area contributed by atoms with Crippen molar-refractivity contribution < 1.29 is 14.4 Å². The lowest BCUT2D eigenvalue weighted by Crippen LogP contribution is -2.41. The maximum Gasteiger partial charge on any atom is 0.329 e. The molecule has 0 aromatic carbocycles. The van der Waals surface area contributed by atoms with Crippen LogP contribution in [0.15, 0.2) is 29.6 Å². The quantitative estimate of drug-likeness (QED) is 0.416. The van der Waals surface area contributed by atoms with Gasteiger partial charge in [-0.3, -0.25) is 19.4 Å². The van der Waals surface area contributed by atoms with Gasteiger partial charge in [0.05, 0.1) is 18.3 Å². The second-order valence-corrected chi connectivity index (χ2v) is 4.88. The van der Waals surface area contributed by atoms with Gasteiger partial charge in [0.15, 0.2) is 0 Å². The Bertz CT molecular complexity index is 569. The Morgan fingerprint density at radius 2 is 2.00 bits per heavy atom. The van der Waals surface area contributed by atoms with Crippen LogP contribution in [0.5, 0.6) is 0 Å². The molecule has 0 aliphatic heterocycles. The highest BCUT2D eigenvalue weighted by Crippen LogP contribution is 2.03. The van der Waals surface area contributed by atoms with Crippen molar-refractivity contribution in [2.24, 2.45) is 5.10 Å². The first kappa shape index (κ1) is 17.3. The lowest BCUT2D eigenvalue weighted by atomic mass is 10.3. The van der Waals surface area contributed by atoms with Crippen molar-refractivity contribution >= 4 is 29.1 Å². The Hall–Kier alpha value is -2.77. The van der Waals surface area contributed by atoms with E-state index in [1.807, 2.05) is 0 Å². The molecule has 0 saturated heterocycles. The van der Waals surface area contributed by atoms with Gasteiger partial charge < -0.3 is 10.6 Å². The van der Waals surface area contributed by atoms with E-state index in [9.17, 15) is 14.4 Å². The molecule has 0 fully saturated rings. The fourth-order valence-corrected chi connectivity index (χ4v) is 1.44. The molecular weight excluding hydrogens is 286 g/mol. The van der Waals surface area contributed by atoms with Crippen LogP contribution in [0.2, 0.25) is 0 Å². The lowest BCUT2D eigenvalue weighted by molar-refractivity contribution is -0.139. The van der Waals surface area contributed by atoms with Crippen LogP contribution in [0.4, 0.5) is 5.69 Å². The molecule has 0 aliphatic rings. The minimum Gasteiger partial charge on any atom is -0.346 e. The van der Waals surface area contributed by atoms with Crippen molar-refractivity contribution in [1.82, 2.24) is 15.7 Å². The van der Waals surface area contributed by atoms with Crippen LogP contribution in [0, 0.1) is 0 Å². The van der Waals surface area contributed by atoms with E-state index in [0.717, 1.165) is 0 Å². The third kappa shape index (κ3) is 6.60. The molecule has 0 bridgehead atoms. The number of rotatable bonds is 5. The average Bonchev–Trinajstić information content (AvgIpc) is 2.44. The van der Waals surface area contributed by atoms with Crippen LogP contribution in [0.25, 0.3) is 0 Å². The number of hydrogen-bond donors (Lipinski definition) is 3. The Morgan fingerprint density at radius 3 is 2.59 bits per heavy atom. The summed E-state index contributed by atoms with van der Waals surface area (Å²) < 4.78 is 0. The van der Waals surface area contributed by atoms with Crippen LogP contribution in [-0.4, -0.2) is 34.5 Å². The number of amides is 3. The summed E-state index contributed by atoms with van der Waals surface area (Å²) in [6.45, 7) is 5.05. The van der Waals surface area contributed by atoms with Gasteiger partial charge in [0.2, 0.25) is 5.91 Å². The van der Waals surface area contributed by atoms with E-state index in [0.29, 0.717) is 11.4 Å². The third-order valence-electron chi connectivity index (χ3n) is 2.34. The van der Waals surface area contributed by atoms with Gasteiger partial charge in [-0.05, 0) is 32.9 Å². The number of hydrazone groups is 1. The molecule has 1 heterocycles. The highest BCUT2D eigenvalue weighted by molar-refractivity contribution is 6.35. The van der Waals surface area contributed by atoms with E-state index in [2.05, 4.69) is 26.1 Å². The van der Waals surface area contributed by atoms with Gasteiger partial charge in [-0.2, -0.15) is 5.10 Å². The number of nitrogens with zero attached hydrogens (tertiary/aromatic N) is 2. The van der Waals surface area contributed by atoms with Crippen LogP contribution in [0.1, 0.15) is 27.2 Å². The van der Waals surface area contributed by atoms with Crippen LogP contribution >= 0.6 is 0 Å². The molecule has 3 amide bonds. The largest absolute Gasteiger partial charge is 0.346 e. The van der Waals surface area contributed by atoms with E-state index in [4.69, 9.17) is 0 Å². The van der Waals surface area contributed by atoms with Crippen molar-refractivity contribution in [2.75, 3.05) is 5.32 Å². The maximum atomic E-state index is 11.7. The van der Waals surface area contributed by atoms with Crippen LogP contribution < -0.4 is 16.1 Å². The van der Waals surface area contributed by atoms with Gasteiger partial charge in [-0.15, -0.1) is 0 Å². The number of carbonyl (C=O) groups excluding carboxylic acids is 3. The van der Waals surface area contributed by atoms with Crippen molar-refractivity contribution in [3.8, 4) is 0 Å². The normalized spacial score (nSPS) is 11.0. The summed E-state index contributed by atoms with van der Waals surface area (Å²) >= 11 is 0. The molecule has 1 aromatic rings. The topological polar surface area (TPSA) is 113 Å². The van der Waals surface area contributed by atoms with Gasteiger partial charge in [-0.1, -0.05) is 0 Å². The van der Waals surface area contributed by atoms with Gasteiger partial charge >= 0.3 is 11.8 Å². The van der Waals surface area contributed by atoms with E-state index >= 15 is 0 Å². The van der Waals surface area contributed by atoms with Gasteiger partial charge in [0.1, 0.15) is 0 Å². The van der Waals surface area contributed by atoms with E-state index < -0.39 is 11.8 Å². The zero-order valence-electron chi connectivity index (χ0n) is 12.7. The minimum absolute atomic E-state index is 0.0129. The molecule has 1 aromatic heterocycles. The predicted octanol–water partition coefficient (Wildman–Crippen LogP) is 0.427. The number of nitrogens with one attached hydrogen (secondary N) is 3. The molecule has 0 atom stereocenters. The minimum atomic E-state index is -0.874. The summed E-state index contributed by atoms with van der Waals surface area (Å²) in [4.78, 5) is 38.4. The lowest BCUT2D eigenvalue weighted by Gasteiger charge is -2.07. The Morgan fingerprint density at radius 1 is 1.27 bits per heavy atom. The molecule has 8 heteroatoms. The molecule has 8 nitrogen and oxygen atoms in total. The Balaban J connectivity index is 2.44. The number of anilines is 1. The number of aromatic nitrogens is 1. The summed E-state index contributed by atoms with van der Waals surface area (Å²) in [6.07, 6.45) is 3.10. The van der Waals surface area contributed by atoms with E-state index in [1.54, 1.807) is 39.1 Å². The Labute approximate surface area is 128 Å². The van der Waals surface area contributed by atoms with Crippen molar-refractivity contribution in [2.45, 2.75) is 33.2 Å². The second kappa shape index (κ2) is 8.50. The van der Waals surface area contributed by atoms with Crippen molar-refractivity contribution in [3.63, 3.8) is 0 Å². The standard InChI is InChI=1S/C14H19N5O3/c1-9(2)16-13(21)14(22)19-18-10(3)7-12(20)17-11-5-4-6-15-8-11/h4-6,8-9H,7H2,1-3H3,(H,16,21)(H,17,20)(H,19,22)/b18-10-. The average molecular weight is 305 g/mol. The summed E-state index contributed by atoms with van der Waals surface area (Å²) in [5.41, 5.74) is 3.04. The first-order valence-electron chi connectivity index (χ1n) is 6.72. The van der Waals surface area contributed by atoms with Crippen LogP contribution in [-0.2, 0) is 14.4 Å². The van der Waals surface area contributed by atoms with E-state index in [-0.39, 0.29) is 18.4 Å². The van der Waals surface area contributed by atoms with Crippen molar-refractivity contribution in [1.29, 1.82) is 0 Å². The maximum absolute atomic E-state index is 11.7. The molecule has 0 aliphatic carbocycles. The molecule has 1 rings (SSSR count). The smallest absolute Gasteiger partial charge is 0.329 e. The van der Waals surface area contributed by atoms with E-state index in [1.165, 1.54) is 6.20 Å². The molecule has 22 heavy (non-hydrogen) atoms. The van der Waals surface area contributed by atoms with Gasteiger partial charge in [-0.25, -0.2) is 5.43 Å². The molecule has 0 radical (unpaired) electrons. The number of carbonyl (C=O) groups is 3. The van der Waals surface area contributed by atoms with Crippen molar-refractivity contribution in [3.05, 3.63) is 24.5 Å². The zero-order valence-corrected chi connectivity index (χ0v) is 12.7. The zero-order chi connectivity index (χ0) is 16.5. The summed E-state index contributed by atoms with van der Waals surface area (Å²) in [5.74, 6) is -1.94. The first-order chi connectivity index (χ1) is 10.4. The summed E-state index contributed by atoms with van der Waals surface area (Å²) in [7, 11) is 0. The molecule has 0 saturated carbocycles. The highest BCUT2D eigenvalue weighted by Gasteiger charge is 2.13. The molecule has 0 unspecified atom stereocenters. The molecule has 0 spiro atoms. The van der Waals surface area contributed by atoms with Gasteiger partial charge in [0, 0.05) is 18.0 Å². The van der Waals surface area contributed by atoms with Gasteiger partial charge in [0.25, 0.3) is 0 Å². The third-order valence-corrected chi connectivity index (χ3v) is 2.34. The SMILES string of the molecule is C/C(CC(=O)Nc1cccnc1)=N/NC(=O)C(=O)NC(C)C. The molecule has 118 valence electrons.